The van der Waals surface area contributed by atoms with Crippen molar-refractivity contribution in [1.29, 1.82) is 0 Å². The molecule has 2 N–H and O–H groups in total. The topological polar surface area (TPSA) is 33.3 Å². The van der Waals surface area contributed by atoms with Gasteiger partial charge in [-0.05, 0) is 42.6 Å². The molecule has 3 nitrogen and oxygen atoms in total. The van der Waals surface area contributed by atoms with Gasteiger partial charge in [0.25, 0.3) is 0 Å². The summed E-state index contributed by atoms with van der Waals surface area (Å²) >= 11 is 5.25. The SMILES string of the molecule is COCCNC(=S)NC(C)c1ccc(CC(C)C)cc1. The van der Waals surface area contributed by atoms with Gasteiger partial charge in [-0.2, -0.15) is 0 Å². The zero-order valence-electron chi connectivity index (χ0n) is 12.9. The standard InChI is InChI=1S/C16H26N2OS/c1-12(2)11-14-5-7-15(8-6-14)13(3)18-16(20)17-9-10-19-4/h5-8,12-13H,9-11H2,1-4H3,(H2,17,18,20). The quantitative estimate of drug-likeness (QED) is 0.598. The third-order valence-corrected chi connectivity index (χ3v) is 3.33. The molecule has 0 amide bonds. The lowest BCUT2D eigenvalue weighted by molar-refractivity contribution is 0.204. The van der Waals surface area contributed by atoms with Crippen molar-refractivity contribution in [3.8, 4) is 0 Å². The van der Waals surface area contributed by atoms with Crippen LogP contribution in [0.25, 0.3) is 0 Å². The van der Waals surface area contributed by atoms with E-state index in [0.29, 0.717) is 17.6 Å². The van der Waals surface area contributed by atoms with Gasteiger partial charge in [0, 0.05) is 13.7 Å². The molecule has 1 atom stereocenters. The summed E-state index contributed by atoms with van der Waals surface area (Å²) in [5.74, 6) is 0.689. The van der Waals surface area contributed by atoms with E-state index in [2.05, 4.69) is 55.7 Å². The Labute approximate surface area is 128 Å². The van der Waals surface area contributed by atoms with Gasteiger partial charge >= 0.3 is 0 Å². The van der Waals surface area contributed by atoms with Gasteiger partial charge in [-0.1, -0.05) is 38.1 Å². The minimum atomic E-state index is 0.200. The smallest absolute Gasteiger partial charge is 0.166 e. The molecule has 0 saturated heterocycles. The first kappa shape index (κ1) is 16.9. The first-order valence-corrected chi connectivity index (χ1v) is 7.56. The summed E-state index contributed by atoms with van der Waals surface area (Å²) in [5, 5.41) is 7.06. The van der Waals surface area contributed by atoms with Gasteiger partial charge in [-0.25, -0.2) is 0 Å². The molecule has 4 heteroatoms. The number of benzene rings is 1. The zero-order chi connectivity index (χ0) is 15.0. The molecule has 0 radical (unpaired) electrons. The second-order valence-electron chi connectivity index (χ2n) is 5.45. The molecule has 0 heterocycles. The number of hydrogen-bond donors (Lipinski definition) is 2. The fourth-order valence-corrected chi connectivity index (χ4v) is 2.29. The second-order valence-corrected chi connectivity index (χ2v) is 5.86. The van der Waals surface area contributed by atoms with E-state index in [1.807, 2.05) is 0 Å². The van der Waals surface area contributed by atoms with E-state index in [9.17, 15) is 0 Å². The molecule has 1 aromatic rings. The number of hydrogen-bond acceptors (Lipinski definition) is 2. The number of methoxy groups -OCH3 is 1. The fourth-order valence-electron chi connectivity index (χ4n) is 2.01. The van der Waals surface area contributed by atoms with Crippen LogP contribution in [0.4, 0.5) is 0 Å². The minimum absolute atomic E-state index is 0.200. The molecule has 0 saturated carbocycles. The summed E-state index contributed by atoms with van der Waals surface area (Å²) < 4.78 is 4.98. The van der Waals surface area contributed by atoms with E-state index in [1.165, 1.54) is 11.1 Å². The highest BCUT2D eigenvalue weighted by Gasteiger charge is 2.07. The predicted octanol–water partition coefficient (Wildman–Crippen LogP) is 3.06. The summed E-state index contributed by atoms with van der Waals surface area (Å²) in [7, 11) is 1.68. The molecule has 20 heavy (non-hydrogen) atoms. The van der Waals surface area contributed by atoms with Crippen LogP contribution in [-0.4, -0.2) is 25.4 Å². The van der Waals surface area contributed by atoms with Gasteiger partial charge in [0.1, 0.15) is 0 Å². The first-order valence-electron chi connectivity index (χ1n) is 7.15. The van der Waals surface area contributed by atoms with Crippen molar-refractivity contribution in [3.05, 3.63) is 35.4 Å². The Morgan fingerprint density at radius 2 is 1.85 bits per heavy atom. The maximum absolute atomic E-state index is 5.25. The summed E-state index contributed by atoms with van der Waals surface area (Å²) in [6, 6.07) is 8.95. The number of rotatable bonds is 7. The predicted molar refractivity (Wildman–Crippen MR) is 89.0 cm³/mol. The van der Waals surface area contributed by atoms with Crippen LogP contribution in [0.1, 0.15) is 37.9 Å². The van der Waals surface area contributed by atoms with Gasteiger partial charge in [-0.3, -0.25) is 0 Å². The third-order valence-electron chi connectivity index (χ3n) is 3.06. The molecular formula is C16H26N2OS. The van der Waals surface area contributed by atoms with Gasteiger partial charge in [0.2, 0.25) is 0 Å². The van der Waals surface area contributed by atoms with Crippen molar-refractivity contribution in [2.75, 3.05) is 20.3 Å². The van der Waals surface area contributed by atoms with Crippen LogP contribution in [0.3, 0.4) is 0 Å². The van der Waals surface area contributed by atoms with E-state index in [4.69, 9.17) is 17.0 Å². The molecule has 1 rings (SSSR count). The van der Waals surface area contributed by atoms with Crippen LogP contribution < -0.4 is 10.6 Å². The monoisotopic (exact) mass is 294 g/mol. The van der Waals surface area contributed by atoms with Crippen LogP contribution in [0.15, 0.2) is 24.3 Å². The van der Waals surface area contributed by atoms with E-state index in [0.717, 1.165) is 13.0 Å². The normalized spacial score (nSPS) is 12.2. The van der Waals surface area contributed by atoms with E-state index in [1.54, 1.807) is 7.11 Å². The van der Waals surface area contributed by atoms with Crippen LogP contribution in [0.2, 0.25) is 0 Å². The summed E-state index contributed by atoms with van der Waals surface area (Å²) in [6.07, 6.45) is 1.12. The summed E-state index contributed by atoms with van der Waals surface area (Å²) in [6.45, 7) is 7.97. The van der Waals surface area contributed by atoms with Crippen LogP contribution in [0.5, 0.6) is 0 Å². The van der Waals surface area contributed by atoms with Gasteiger partial charge < -0.3 is 15.4 Å². The Balaban J connectivity index is 2.46. The molecule has 0 aliphatic rings. The Morgan fingerprint density at radius 3 is 2.40 bits per heavy atom. The molecule has 0 aliphatic heterocycles. The van der Waals surface area contributed by atoms with Gasteiger partial charge in [0.05, 0.1) is 12.6 Å². The largest absolute Gasteiger partial charge is 0.383 e. The Hall–Kier alpha value is -1.13. The van der Waals surface area contributed by atoms with Gasteiger partial charge in [-0.15, -0.1) is 0 Å². The fraction of sp³-hybridized carbons (Fsp3) is 0.562. The van der Waals surface area contributed by atoms with Crippen molar-refractivity contribution in [1.82, 2.24) is 10.6 Å². The van der Waals surface area contributed by atoms with Crippen LogP contribution in [-0.2, 0) is 11.2 Å². The number of ether oxygens (including phenoxy) is 1. The first-order chi connectivity index (χ1) is 9.52. The van der Waals surface area contributed by atoms with Gasteiger partial charge in [0.15, 0.2) is 5.11 Å². The lowest BCUT2D eigenvalue weighted by Gasteiger charge is -2.17. The maximum atomic E-state index is 5.25. The van der Waals surface area contributed by atoms with E-state index in [-0.39, 0.29) is 6.04 Å². The van der Waals surface area contributed by atoms with Crippen molar-refractivity contribution in [2.45, 2.75) is 33.2 Å². The molecule has 0 aliphatic carbocycles. The molecule has 1 aromatic carbocycles. The Morgan fingerprint density at radius 1 is 1.20 bits per heavy atom. The van der Waals surface area contributed by atoms with Crippen molar-refractivity contribution >= 4 is 17.3 Å². The highest BCUT2D eigenvalue weighted by atomic mass is 32.1. The Bertz CT molecular complexity index is 403. The summed E-state index contributed by atoms with van der Waals surface area (Å²) in [4.78, 5) is 0. The second kappa shape index (κ2) is 8.93. The van der Waals surface area contributed by atoms with Crippen LogP contribution >= 0.6 is 12.2 Å². The number of nitrogens with one attached hydrogen (secondary N) is 2. The van der Waals surface area contributed by atoms with Crippen LogP contribution in [0, 0.1) is 5.92 Å². The molecule has 0 spiro atoms. The lowest BCUT2D eigenvalue weighted by Crippen LogP contribution is -2.38. The van der Waals surface area contributed by atoms with E-state index >= 15 is 0 Å². The van der Waals surface area contributed by atoms with Crippen molar-refractivity contribution in [3.63, 3.8) is 0 Å². The lowest BCUT2D eigenvalue weighted by atomic mass is 10.00. The highest BCUT2D eigenvalue weighted by molar-refractivity contribution is 7.80. The molecule has 1 unspecified atom stereocenters. The van der Waals surface area contributed by atoms with E-state index < -0.39 is 0 Å². The minimum Gasteiger partial charge on any atom is -0.383 e. The highest BCUT2D eigenvalue weighted by Crippen LogP contribution is 2.15. The molecule has 0 fully saturated rings. The van der Waals surface area contributed by atoms with Crippen molar-refractivity contribution < 1.29 is 4.74 Å². The average molecular weight is 294 g/mol. The molecule has 0 aromatic heterocycles. The zero-order valence-corrected chi connectivity index (χ0v) is 13.7. The summed E-state index contributed by atoms with van der Waals surface area (Å²) in [5.41, 5.74) is 2.63. The maximum Gasteiger partial charge on any atom is 0.166 e. The Kier molecular flexibility index (Phi) is 7.55. The molecule has 0 bridgehead atoms. The molecule has 112 valence electrons. The van der Waals surface area contributed by atoms with Crippen molar-refractivity contribution in [2.24, 2.45) is 5.92 Å². The number of thiocarbonyl (C=S) groups is 1. The molecular weight excluding hydrogens is 268 g/mol. The average Bonchev–Trinajstić information content (AvgIpc) is 2.39. The third kappa shape index (κ3) is 6.35.